The lowest BCUT2D eigenvalue weighted by molar-refractivity contribution is 0.263. The average molecular weight is 305 g/mol. The maximum absolute atomic E-state index is 9.45. The normalized spacial score (nSPS) is 16.3. The van der Waals surface area contributed by atoms with Crippen molar-refractivity contribution in [2.75, 3.05) is 13.1 Å². The third kappa shape index (κ3) is 3.13. The summed E-state index contributed by atoms with van der Waals surface area (Å²) in [6.45, 7) is 8.62. The Labute approximate surface area is 138 Å². The molecular weight excluding hydrogens is 282 g/mol. The minimum Gasteiger partial charge on any atom is -0.297 e. The van der Waals surface area contributed by atoms with Crippen LogP contribution >= 0.6 is 0 Å². The van der Waals surface area contributed by atoms with Gasteiger partial charge in [0.1, 0.15) is 6.07 Å². The Balaban J connectivity index is 2.00. The first-order chi connectivity index (χ1) is 11.1. The summed E-state index contributed by atoms with van der Waals surface area (Å²) in [5.74, 6) is 0. The first-order valence-electron chi connectivity index (χ1n) is 8.33. The summed E-state index contributed by atoms with van der Waals surface area (Å²) < 4.78 is 0. The summed E-state index contributed by atoms with van der Waals surface area (Å²) in [6, 6.07) is 13.2. The monoisotopic (exact) mass is 305 g/mol. The van der Waals surface area contributed by atoms with Gasteiger partial charge in [0.2, 0.25) is 0 Å². The number of benzene rings is 1. The molecule has 1 fully saturated rings. The number of nitriles is 1. The van der Waals surface area contributed by atoms with Crippen molar-refractivity contribution in [2.24, 2.45) is 0 Å². The highest BCUT2D eigenvalue weighted by molar-refractivity contribution is 5.68. The van der Waals surface area contributed by atoms with E-state index in [9.17, 15) is 5.26 Å². The summed E-state index contributed by atoms with van der Waals surface area (Å²) >= 11 is 0. The van der Waals surface area contributed by atoms with Gasteiger partial charge in [-0.3, -0.25) is 9.88 Å². The topological polar surface area (TPSA) is 39.9 Å². The van der Waals surface area contributed by atoms with Gasteiger partial charge >= 0.3 is 0 Å². The molecule has 0 spiro atoms. The molecule has 0 saturated carbocycles. The van der Waals surface area contributed by atoms with E-state index in [0.29, 0.717) is 11.6 Å². The summed E-state index contributed by atoms with van der Waals surface area (Å²) in [6.07, 6.45) is 2.59. The first-order valence-corrected chi connectivity index (χ1v) is 8.33. The van der Waals surface area contributed by atoms with Gasteiger partial charge in [0.05, 0.1) is 11.3 Å². The molecule has 0 N–H and O–H groups in total. The van der Waals surface area contributed by atoms with Crippen molar-refractivity contribution in [1.82, 2.24) is 9.88 Å². The number of aryl methyl sites for hydroxylation is 2. The Bertz CT molecular complexity index is 752. The number of rotatable bonds is 3. The smallest absolute Gasteiger partial charge is 0.101 e. The molecule has 2 heterocycles. The molecule has 3 heteroatoms. The third-order valence-corrected chi connectivity index (χ3v) is 4.92. The van der Waals surface area contributed by atoms with Gasteiger partial charge in [-0.15, -0.1) is 0 Å². The molecule has 1 aromatic heterocycles. The van der Waals surface area contributed by atoms with Crippen LogP contribution in [0.15, 0.2) is 30.3 Å². The second-order valence-corrected chi connectivity index (χ2v) is 6.44. The number of aromatic nitrogens is 1. The molecule has 1 unspecified atom stereocenters. The standard InChI is InChI=1S/C20H23N3/c1-14-11-19(13-21)20(22-15(14)2)18-8-6-7-17(12-18)16(3)23-9-4-5-10-23/h6-8,11-12,16H,4-5,9-10H2,1-3H3. The SMILES string of the molecule is Cc1cc(C#N)c(-c2cccc(C(C)N3CCCC3)c2)nc1C. The molecule has 2 aromatic rings. The molecule has 1 aromatic carbocycles. The quantitative estimate of drug-likeness (QED) is 0.844. The van der Waals surface area contributed by atoms with Crippen molar-refractivity contribution in [3.8, 4) is 17.3 Å². The highest BCUT2D eigenvalue weighted by Crippen LogP contribution is 2.29. The third-order valence-electron chi connectivity index (χ3n) is 4.92. The fourth-order valence-corrected chi connectivity index (χ4v) is 3.30. The van der Waals surface area contributed by atoms with E-state index in [1.807, 2.05) is 19.9 Å². The fourth-order valence-electron chi connectivity index (χ4n) is 3.30. The summed E-state index contributed by atoms with van der Waals surface area (Å²) in [5, 5.41) is 9.45. The van der Waals surface area contributed by atoms with Gasteiger partial charge in [-0.05, 0) is 70.0 Å². The zero-order valence-electron chi connectivity index (χ0n) is 14.1. The number of pyridine rings is 1. The minimum absolute atomic E-state index is 0.412. The molecule has 0 amide bonds. The molecular formula is C20H23N3. The van der Waals surface area contributed by atoms with Crippen molar-refractivity contribution in [3.63, 3.8) is 0 Å². The van der Waals surface area contributed by atoms with Crippen molar-refractivity contribution < 1.29 is 0 Å². The van der Waals surface area contributed by atoms with Gasteiger partial charge in [-0.25, -0.2) is 0 Å². The van der Waals surface area contributed by atoms with Crippen LogP contribution in [-0.2, 0) is 0 Å². The highest BCUT2D eigenvalue weighted by atomic mass is 15.2. The number of likely N-dealkylation sites (tertiary alicyclic amines) is 1. The Morgan fingerprint density at radius 2 is 1.91 bits per heavy atom. The molecule has 0 aliphatic carbocycles. The Hall–Kier alpha value is -2.18. The summed E-state index contributed by atoms with van der Waals surface area (Å²) in [7, 11) is 0. The van der Waals surface area contributed by atoms with Crippen LogP contribution in [-0.4, -0.2) is 23.0 Å². The van der Waals surface area contributed by atoms with Crippen molar-refractivity contribution >= 4 is 0 Å². The lowest BCUT2D eigenvalue weighted by atomic mass is 9.99. The van der Waals surface area contributed by atoms with Gasteiger partial charge in [0.25, 0.3) is 0 Å². The Morgan fingerprint density at radius 1 is 1.17 bits per heavy atom. The maximum atomic E-state index is 9.45. The molecule has 1 aliphatic rings. The van der Waals surface area contributed by atoms with E-state index >= 15 is 0 Å². The molecule has 1 saturated heterocycles. The molecule has 3 nitrogen and oxygen atoms in total. The summed E-state index contributed by atoms with van der Waals surface area (Å²) in [5.41, 5.74) is 5.83. The van der Waals surface area contributed by atoms with Crippen LogP contribution in [0.5, 0.6) is 0 Å². The number of hydrogen-bond donors (Lipinski definition) is 0. The fraction of sp³-hybridized carbons (Fsp3) is 0.400. The molecule has 3 rings (SSSR count). The molecule has 0 radical (unpaired) electrons. The zero-order valence-corrected chi connectivity index (χ0v) is 14.1. The number of nitrogens with zero attached hydrogens (tertiary/aromatic N) is 3. The minimum atomic E-state index is 0.412. The second-order valence-electron chi connectivity index (χ2n) is 6.44. The Kier molecular flexibility index (Phi) is 4.45. The average Bonchev–Trinajstić information content (AvgIpc) is 3.11. The van der Waals surface area contributed by atoms with Crippen molar-refractivity contribution in [2.45, 2.75) is 39.7 Å². The molecule has 1 aliphatic heterocycles. The van der Waals surface area contributed by atoms with E-state index in [2.05, 4.69) is 47.1 Å². The van der Waals surface area contributed by atoms with Crippen LogP contribution in [0, 0.1) is 25.2 Å². The van der Waals surface area contributed by atoms with Crippen LogP contribution < -0.4 is 0 Å². The van der Waals surface area contributed by atoms with E-state index in [1.54, 1.807) is 0 Å². The van der Waals surface area contributed by atoms with Gasteiger partial charge in [0, 0.05) is 17.3 Å². The number of hydrogen-bond acceptors (Lipinski definition) is 3. The van der Waals surface area contributed by atoms with E-state index in [4.69, 9.17) is 0 Å². The second kappa shape index (κ2) is 6.52. The van der Waals surface area contributed by atoms with Crippen LogP contribution in [0.4, 0.5) is 0 Å². The van der Waals surface area contributed by atoms with Crippen LogP contribution in [0.1, 0.15) is 48.2 Å². The summed E-state index contributed by atoms with van der Waals surface area (Å²) in [4.78, 5) is 7.20. The largest absolute Gasteiger partial charge is 0.297 e. The predicted molar refractivity (Wildman–Crippen MR) is 93.1 cm³/mol. The van der Waals surface area contributed by atoms with Gasteiger partial charge in [-0.2, -0.15) is 5.26 Å². The molecule has 23 heavy (non-hydrogen) atoms. The Morgan fingerprint density at radius 3 is 2.61 bits per heavy atom. The predicted octanol–water partition coefficient (Wildman–Crippen LogP) is 4.39. The zero-order chi connectivity index (χ0) is 16.4. The molecule has 0 bridgehead atoms. The van der Waals surface area contributed by atoms with Crippen LogP contribution in [0.25, 0.3) is 11.3 Å². The van der Waals surface area contributed by atoms with Crippen molar-refractivity contribution in [1.29, 1.82) is 5.26 Å². The van der Waals surface area contributed by atoms with Gasteiger partial charge in [0.15, 0.2) is 0 Å². The highest BCUT2D eigenvalue weighted by Gasteiger charge is 2.20. The van der Waals surface area contributed by atoms with Crippen molar-refractivity contribution in [3.05, 3.63) is 52.7 Å². The maximum Gasteiger partial charge on any atom is 0.101 e. The van der Waals surface area contributed by atoms with Crippen LogP contribution in [0.2, 0.25) is 0 Å². The van der Waals surface area contributed by atoms with E-state index in [-0.39, 0.29) is 0 Å². The van der Waals surface area contributed by atoms with Gasteiger partial charge in [-0.1, -0.05) is 18.2 Å². The first kappa shape index (κ1) is 15.7. The molecule has 1 atom stereocenters. The lowest BCUT2D eigenvalue weighted by Gasteiger charge is -2.24. The van der Waals surface area contributed by atoms with E-state index in [1.165, 1.54) is 31.5 Å². The molecule has 118 valence electrons. The van der Waals surface area contributed by atoms with E-state index < -0.39 is 0 Å². The van der Waals surface area contributed by atoms with Gasteiger partial charge < -0.3 is 0 Å². The lowest BCUT2D eigenvalue weighted by Crippen LogP contribution is -2.23. The van der Waals surface area contributed by atoms with E-state index in [0.717, 1.165) is 22.5 Å². The van der Waals surface area contributed by atoms with Crippen LogP contribution in [0.3, 0.4) is 0 Å².